The molecule has 6 nitrogen and oxygen atoms in total. The number of aliphatic hydroxyl groups is 1. The summed E-state index contributed by atoms with van der Waals surface area (Å²) >= 11 is 6.01. The molecule has 1 fully saturated rings. The molecule has 5 rings (SSSR count). The van der Waals surface area contributed by atoms with Gasteiger partial charge < -0.3 is 14.6 Å². The fourth-order valence-electron chi connectivity index (χ4n) is 4.56. The van der Waals surface area contributed by atoms with Gasteiger partial charge in [-0.3, -0.25) is 14.5 Å². The Hall–Kier alpha value is -4.36. The average molecular weight is 518 g/mol. The number of fused-ring (bicyclic) bond motifs is 1. The van der Waals surface area contributed by atoms with Crippen LogP contribution in [-0.2, 0) is 9.59 Å². The van der Waals surface area contributed by atoms with Crippen molar-refractivity contribution in [3.8, 4) is 11.5 Å². The number of hydrogen-bond acceptors (Lipinski definition) is 5. The van der Waals surface area contributed by atoms with Gasteiger partial charge in [0.05, 0.1) is 30.9 Å². The summed E-state index contributed by atoms with van der Waals surface area (Å²) in [5, 5.41) is 13.0. The van der Waals surface area contributed by atoms with Crippen LogP contribution in [0, 0.1) is 5.82 Å². The summed E-state index contributed by atoms with van der Waals surface area (Å²) in [4.78, 5) is 28.0. The number of methoxy groups -OCH3 is 2. The zero-order chi connectivity index (χ0) is 26.3. The van der Waals surface area contributed by atoms with Gasteiger partial charge in [0, 0.05) is 11.3 Å². The molecule has 1 N–H and O–H groups in total. The summed E-state index contributed by atoms with van der Waals surface area (Å²) in [7, 11) is 2.96. The number of Topliss-reactive ketones (excluding diaryl/α,β-unsaturated/α-hetero) is 1. The minimum absolute atomic E-state index is 0.118. The van der Waals surface area contributed by atoms with Crippen molar-refractivity contribution in [3.63, 3.8) is 0 Å². The maximum Gasteiger partial charge on any atom is 0.300 e. The number of ketones is 1. The molecule has 0 spiro atoms. The van der Waals surface area contributed by atoms with Gasteiger partial charge in [-0.1, -0.05) is 54.1 Å². The zero-order valence-corrected chi connectivity index (χ0v) is 20.6. The van der Waals surface area contributed by atoms with E-state index in [-0.39, 0.29) is 22.0 Å². The van der Waals surface area contributed by atoms with Crippen LogP contribution in [0.5, 0.6) is 11.5 Å². The lowest BCUT2D eigenvalue weighted by Crippen LogP contribution is -2.29. The quantitative estimate of drug-likeness (QED) is 0.192. The molecule has 8 heteroatoms. The zero-order valence-electron chi connectivity index (χ0n) is 19.9. The van der Waals surface area contributed by atoms with Gasteiger partial charge in [-0.05, 0) is 52.7 Å². The summed E-state index contributed by atoms with van der Waals surface area (Å²) in [6.45, 7) is 0. The third-order valence-corrected chi connectivity index (χ3v) is 6.66. The summed E-state index contributed by atoms with van der Waals surface area (Å²) in [6.07, 6.45) is 0. The van der Waals surface area contributed by atoms with Crippen LogP contribution >= 0.6 is 11.6 Å². The minimum Gasteiger partial charge on any atom is -0.507 e. The smallest absolute Gasteiger partial charge is 0.300 e. The second-order valence-electron chi connectivity index (χ2n) is 8.44. The molecule has 4 aromatic rings. The number of anilines is 1. The van der Waals surface area contributed by atoms with Gasteiger partial charge in [-0.2, -0.15) is 0 Å². The van der Waals surface area contributed by atoms with Crippen LogP contribution in [0.2, 0.25) is 5.02 Å². The Labute approximate surface area is 217 Å². The van der Waals surface area contributed by atoms with Gasteiger partial charge in [-0.25, -0.2) is 4.39 Å². The van der Waals surface area contributed by atoms with Crippen molar-refractivity contribution < 1.29 is 28.6 Å². The second kappa shape index (κ2) is 9.59. The van der Waals surface area contributed by atoms with E-state index in [2.05, 4.69) is 0 Å². The number of rotatable bonds is 5. The van der Waals surface area contributed by atoms with Crippen LogP contribution in [0.3, 0.4) is 0 Å². The molecule has 0 aromatic heterocycles. The van der Waals surface area contributed by atoms with E-state index in [1.54, 1.807) is 30.3 Å². The van der Waals surface area contributed by atoms with Gasteiger partial charge in [0.2, 0.25) is 0 Å². The van der Waals surface area contributed by atoms with Gasteiger partial charge in [0.25, 0.3) is 11.7 Å². The van der Waals surface area contributed by atoms with Crippen molar-refractivity contribution >= 4 is 45.5 Å². The largest absolute Gasteiger partial charge is 0.507 e. The standard InChI is InChI=1S/C29H21ClFNO5/c1-36-23-12-9-18(14-24(23)37-2)26-25(27(33)19-8-7-16-5-3-4-6-17(16)13-19)28(34)29(35)32(26)20-10-11-22(31)21(30)15-20/h3-15,26,33H,1-2H3/b27-25+. The van der Waals surface area contributed by atoms with Gasteiger partial charge in [0.1, 0.15) is 11.6 Å². The van der Waals surface area contributed by atoms with Crippen molar-refractivity contribution in [1.29, 1.82) is 0 Å². The topological polar surface area (TPSA) is 76.1 Å². The van der Waals surface area contributed by atoms with Gasteiger partial charge in [0.15, 0.2) is 11.5 Å². The summed E-state index contributed by atoms with van der Waals surface area (Å²) in [5.41, 5.74) is 0.928. The first-order valence-electron chi connectivity index (χ1n) is 11.3. The van der Waals surface area contributed by atoms with Gasteiger partial charge in [-0.15, -0.1) is 0 Å². The van der Waals surface area contributed by atoms with E-state index in [1.165, 1.54) is 31.3 Å². The van der Waals surface area contributed by atoms with E-state index in [0.29, 0.717) is 22.6 Å². The van der Waals surface area contributed by atoms with E-state index >= 15 is 0 Å². The minimum atomic E-state index is -1.05. The molecule has 0 bridgehead atoms. The summed E-state index contributed by atoms with van der Waals surface area (Å²) in [6, 6.07) is 20.5. The maximum absolute atomic E-state index is 13.9. The van der Waals surface area contributed by atoms with Crippen LogP contribution in [-0.4, -0.2) is 31.0 Å². The van der Waals surface area contributed by atoms with E-state index < -0.39 is 23.5 Å². The maximum atomic E-state index is 13.9. The van der Waals surface area contributed by atoms with E-state index in [4.69, 9.17) is 21.1 Å². The van der Waals surface area contributed by atoms with Crippen LogP contribution in [0.1, 0.15) is 17.2 Å². The Bertz CT molecular complexity index is 1600. The first-order chi connectivity index (χ1) is 17.8. The van der Waals surface area contributed by atoms with Crippen molar-refractivity contribution in [1.82, 2.24) is 0 Å². The Morgan fingerprint density at radius 3 is 2.32 bits per heavy atom. The van der Waals surface area contributed by atoms with Crippen molar-refractivity contribution in [2.75, 3.05) is 19.1 Å². The fourth-order valence-corrected chi connectivity index (χ4v) is 4.74. The molecule has 1 unspecified atom stereocenters. The lowest BCUT2D eigenvalue weighted by Gasteiger charge is -2.26. The monoisotopic (exact) mass is 517 g/mol. The second-order valence-corrected chi connectivity index (χ2v) is 8.85. The molecule has 1 atom stereocenters. The Balaban J connectivity index is 1.75. The highest BCUT2D eigenvalue weighted by atomic mass is 35.5. The molecule has 0 saturated carbocycles. The van der Waals surface area contributed by atoms with Crippen LogP contribution < -0.4 is 14.4 Å². The highest BCUT2D eigenvalue weighted by molar-refractivity contribution is 6.51. The molecule has 1 saturated heterocycles. The molecule has 0 radical (unpaired) electrons. The first-order valence-corrected chi connectivity index (χ1v) is 11.7. The number of nitrogens with zero attached hydrogens (tertiary/aromatic N) is 1. The number of benzene rings is 4. The number of aliphatic hydroxyl groups excluding tert-OH is 1. The average Bonchev–Trinajstić information content (AvgIpc) is 3.19. The molecule has 1 amide bonds. The molecule has 1 aliphatic heterocycles. The van der Waals surface area contributed by atoms with E-state index in [9.17, 15) is 19.1 Å². The fraction of sp³-hybridized carbons (Fsp3) is 0.103. The number of carbonyl (C=O) groups excluding carboxylic acids is 2. The van der Waals surface area contributed by atoms with Crippen LogP contribution in [0.25, 0.3) is 16.5 Å². The Morgan fingerprint density at radius 2 is 1.62 bits per heavy atom. The summed E-state index contributed by atoms with van der Waals surface area (Å²) < 4.78 is 24.7. The lowest BCUT2D eigenvalue weighted by atomic mass is 9.94. The first kappa shape index (κ1) is 24.3. The number of hydrogen-bond donors (Lipinski definition) is 1. The number of ether oxygens (including phenoxy) is 2. The number of amides is 1. The third-order valence-electron chi connectivity index (χ3n) is 6.37. The normalized spacial score (nSPS) is 16.9. The molecule has 186 valence electrons. The van der Waals surface area contributed by atoms with Crippen molar-refractivity contribution in [2.24, 2.45) is 0 Å². The van der Waals surface area contributed by atoms with Crippen molar-refractivity contribution in [3.05, 3.63) is 106 Å². The molecular formula is C29H21ClFNO5. The molecule has 1 heterocycles. The highest BCUT2D eigenvalue weighted by Crippen LogP contribution is 2.44. The van der Waals surface area contributed by atoms with Gasteiger partial charge >= 0.3 is 0 Å². The Kier molecular flexibility index (Phi) is 6.31. The molecule has 0 aliphatic carbocycles. The van der Waals surface area contributed by atoms with E-state index in [0.717, 1.165) is 16.8 Å². The summed E-state index contributed by atoms with van der Waals surface area (Å²) in [5.74, 6) is -1.95. The van der Waals surface area contributed by atoms with E-state index in [1.807, 2.05) is 30.3 Å². The molecule has 37 heavy (non-hydrogen) atoms. The number of carbonyl (C=O) groups is 2. The number of halogens is 2. The molecule has 1 aliphatic rings. The molecule has 4 aromatic carbocycles. The SMILES string of the molecule is COc1ccc(C2/C(=C(\O)c3ccc4ccccc4c3)C(=O)C(=O)N2c2ccc(F)c(Cl)c2)cc1OC. The van der Waals surface area contributed by atoms with Crippen LogP contribution in [0.15, 0.2) is 84.4 Å². The molecular weight excluding hydrogens is 497 g/mol. The highest BCUT2D eigenvalue weighted by Gasteiger charge is 2.47. The van der Waals surface area contributed by atoms with Crippen LogP contribution in [0.4, 0.5) is 10.1 Å². The predicted molar refractivity (Wildman–Crippen MR) is 140 cm³/mol. The lowest BCUT2D eigenvalue weighted by molar-refractivity contribution is -0.132. The Morgan fingerprint density at radius 1 is 0.892 bits per heavy atom. The third kappa shape index (κ3) is 4.17. The predicted octanol–water partition coefficient (Wildman–Crippen LogP) is 6.28. The van der Waals surface area contributed by atoms with Crippen molar-refractivity contribution in [2.45, 2.75) is 6.04 Å².